The van der Waals surface area contributed by atoms with Crippen molar-refractivity contribution in [3.63, 3.8) is 0 Å². The molecule has 0 unspecified atom stereocenters. The van der Waals surface area contributed by atoms with Crippen molar-refractivity contribution >= 4 is 15.8 Å². The average Bonchev–Trinajstić information content (AvgIpc) is 3.47. The van der Waals surface area contributed by atoms with Gasteiger partial charge in [-0.15, -0.1) is 5.10 Å². The molecule has 2 fully saturated rings. The number of aromatic nitrogens is 2. The number of anilines is 1. The Morgan fingerprint density at radius 2 is 1.69 bits per heavy atom. The molecule has 2 heterocycles. The Hall–Kier alpha value is -1.99. The summed E-state index contributed by atoms with van der Waals surface area (Å²) >= 11 is 0. The zero-order chi connectivity index (χ0) is 18.3. The van der Waals surface area contributed by atoms with Gasteiger partial charge in [-0.3, -0.25) is 0 Å². The molecule has 0 atom stereocenters. The Balaban J connectivity index is 1.45. The van der Waals surface area contributed by atoms with Crippen LogP contribution >= 0.6 is 0 Å². The predicted octanol–water partition coefficient (Wildman–Crippen LogP) is 2.48. The van der Waals surface area contributed by atoms with Crippen molar-refractivity contribution in [3.05, 3.63) is 47.2 Å². The van der Waals surface area contributed by atoms with Crippen LogP contribution in [0.25, 0.3) is 0 Å². The summed E-state index contributed by atoms with van der Waals surface area (Å²) in [6.07, 6.45) is 2.42. The molecule has 1 aliphatic heterocycles. The number of rotatable bonds is 4. The van der Waals surface area contributed by atoms with Gasteiger partial charge in [0.1, 0.15) is 0 Å². The van der Waals surface area contributed by atoms with E-state index in [0.717, 1.165) is 22.6 Å². The van der Waals surface area contributed by atoms with E-state index in [0.29, 0.717) is 37.0 Å². The molecule has 0 radical (unpaired) electrons. The van der Waals surface area contributed by atoms with E-state index in [1.807, 2.05) is 32.0 Å². The third kappa shape index (κ3) is 3.33. The molecule has 1 aliphatic carbocycles. The maximum atomic E-state index is 13.0. The van der Waals surface area contributed by atoms with Crippen molar-refractivity contribution in [1.29, 1.82) is 0 Å². The van der Waals surface area contributed by atoms with Crippen molar-refractivity contribution in [3.8, 4) is 0 Å². The SMILES string of the molecule is Cc1ccc(S(=O)(=O)N2CCN(c3ccc(C4CC4)nn3)CC2)c(C)c1. The van der Waals surface area contributed by atoms with E-state index >= 15 is 0 Å². The van der Waals surface area contributed by atoms with Crippen LogP contribution in [0.15, 0.2) is 35.2 Å². The molecular formula is C19H24N4O2S. The summed E-state index contributed by atoms with van der Waals surface area (Å²) in [5, 5.41) is 8.67. The monoisotopic (exact) mass is 372 g/mol. The molecule has 1 saturated carbocycles. The molecule has 7 heteroatoms. The van der Waals surface area contributed by atoms with Crippen molar-refractivity contribution in [2.24, 2.45) is 0 Å². The summed E-state index contributed by atoms with van der Waals surface area (Å²) in [7, 11) is -3.45. The standard InChI is InChI=1S/C19H24N4O2S/c1-14-3-7-18(15(2)13-14)26(24,25)23-11-9-22(10-12-23)19-8-6-17(20-21-19)16-4-5-16/h3,6-8,13,16H,4-5,9-12H2,1-2H3. The van der Waals surface area contributed by atoms with Gasteiger partial charge in [-0.25, -0.2) is 8.42 Å². The predicted molar refractivity (Wildman–Crippen MR) is 101 cm³/mol. The molecule has 1 aromatic carbocycles. The maximum absolute atomic E-state index is 13.0. The van der Waals surface area contributed by atoms with Crippen LogP contribution in [0, 0.1) is 13.8 Å². The van der Waals surface area contributed by atoms with Gasteiger partial charge < -0.3 is 4.90 Å². The highest BCUT2D eigenvalue weighted by Gasteiger charge is 2.30. The minimum Gasteiger partial charge on any atom is -0.352 e. The Labute approximate surface area is 154 Å². The number of hydrogen-bond acceptors (Lipinski definition) is 5. The van der Waals surface area contributed by atoms with E-state index in [4.69, 9.17) is 0 Å². The smallest absolute Gasteiger partial charge is 0.243 e. The molecule has 2 aliphatic rings. The molecule has 26 heavy (non-hydrogen) atoms. The lowest BCUT2D eigenvalue weighted by Crippen LogP contribution is -2.49. The molecule has 0 bridgehead atoms. The number of sulfonamides is 1. The van der Waals surface area contributed by atoms with Crippen molar-refractivity contribution in [2.75, 3.05) is 31.1 Å². The Morgan fingerprint density at radius 3 is 2.27 bits per heavy atom. The molecular weight excluding hydrogens is 348 g/mol. The summed E-state index contributed by atoms with van der Waals surface area (Å²) in [5.74, 6) is 1.43. The van der Waals surface area contributed by atoms with Crippen LogP contribution in [0.2, 0.25) is 0 Å². The van der Waals surface area contributed by atoms with Gasteiger partial charge >= 0.3 is 0 Å². The molecule has 6 nitrogen and oxygen atoms in total. The van der Waals surface area contributed by atoms with Gasteiger partial charge in [0, 0.05) is 32.1 Å². The topological polar surface area (TPSA) is 66.4 Å². The first kappa shape index (κ1) is 17.4. The highest BCUT2D eigenvalue weighted by molar-refractivity contribution is 7.89. The summed E-state index contributed by atoms with van der Waals surface area (Å²) < 4.78 is 27.5. The third-order valence-corrected chi connectivity index (χ3v) is 7.24. The highest BCUT2D eigenvalue weighted by atomic mass is 32.2. The van der Waals surface area contributed by atoms with Crippen LogP contribution in [-0.4, -0.2) is 49.1 Å². The highest BCUT2D eigenvalue weighted by Crippen LogP contribution is 2.38. The Kier molecular flexibility index (Phi) is 4.44. The van der Waals surface area contributed by atoms with Crippen molar-refractivity contribution in [2.45, 2.75) is 37.5 Å². The second-order valence-corrected chi connectivity index (χ2v) is 9.16. The number of hydrogen-bond donors (Lipinski definition) is 0. The van der Waals surface area contributed by atoms with Gasteiger partial charge in [0.05, 0.1) is 10.6 Å². The number of aryl methyl sites for hydroxylation is 2. The number of benzene rings is 1. The quantitative estimate of drug-likeness (QED) is 0.825. The lowest BCUT2D eigenvalue weighted by molar-refractivity contribution is 0.383. The van der Waals surface area contributed by atoms with Gasteiger partial charge in [-0.1, -0.05) is 17.7 Å². The van der Waals surface area contributed by atoms with E-state index in [2.05, 4.69) is 21.2 Å². The van der Waals surface area contributed by atoms with Crippen LogP contribution in [0.4, 0.5) is 5.82 Å². The fourth-order valence-electron chi connectivity index (χ4n) is 3.49. The molecule has 0 amide bonds. The third-order valence-electron chi connectivity index (χ3n) is 5.18. The summed E-state index contributed by atoms with van der Waals surface area (Å²) in [4.78, 5) is 2.52. The first-order chi connectivity index (χ1) is 12.4. The second-order valence-electron chi connectivity index (χ2n) is 7.25. The van der Waals surface area contributed by atoms with E-state index in [1.165, 1.54) is 12.8 Å². The normalized spacial score (nSPS) is 18.9. The molecule has 0 N–H and O–H groups in total. The largest absolute Gasteiger partial charge is 0.352 e. The van der Waals surface area contributed by atoms with Crippen molar-refractivity contribution in [1.82, 2.24) is 14.5 Å². The van der Waals surface area contributed by atoms with Crippen LogP contribution in [-0.2, 0) is 10.0 Å². The van der Waals surface area contributed by atoms with Gasteiger partial charge in [0.2, 0.25) is 10.0 Å². The first-order valence-corrected chi connectivity index (χ1v) is 10.5. The van der Waals surface area contributed by atoms with Gasteiger partial charge in [0.15, 0.2) is 5.82 Å². The summed E-state index contributed by atoms with van der Waals surface area (Å²) in [5.41, 5.74) is 2.94. The second kappa shape index (κ2) is 6.63. The Morgan fingerprint density at radius 1 is 0.962 bits per heavy atom. The molecule has 1 aromatic heterocycles. The molecule has 4 rings (SSSR count). The van der Waals surface area contributed by atoms with Gasteiger partial charge in [0.25, 0.3) is 0 Å². The zero-order valence-electron chi connectivity index (χ0n) is 15.2. The molecule has 1 saturated heterocycles. The molecule has 138 valence electrons. The summed E-state index contributed by atoms with van der Waals surface area (Å²) in [6.45, 7) is 6.00. The van der Waals surface area contributed by atoms with Crippen molar-refractivity contribution < 1.29 is 8.42 Å². The minimum absolute atomic E-state index is 0.408. The van der Waals surface area contributed by atoms with Crippen LogP contribution in [0.5, 0.6) is 0 Å². The van der Waals surface area contributed by atoms with Crippen LogP contribution in [0.3, 0.4) is 0 Å². The average molecular weight is 372 g/mol. The molecule has 2 aromatic rings. The van der Waals surface area contributed by atoms with E-state index < -0.39 is 10.0 Å². The fraction of sp³-hybridized carbons (Fsp3) is 0.474. The number of nitrogens with zero attached hydrogens (tertiary/aromatic N) is 4. The lowest BCUT2D eigenvalue weighted by Gasteiger charge is -2.34. The maximum Gasteiger partial charge on any atom is 0.243 e. The zero-order valence-corrected chi connectivity index (χ0v) is 16.0. The molecule has 0 spiro atoms. The minimum atomic E-state index is -3.45. The Bertz CT molecular complexity index is 900. The van der Waals surface area contributed by atoms with Crippen LogP contribution in [0.1, 0.15) is 35.6 Å². The van der Waals surface area contributed by atoms with E-state index in [1.54, 1.807) is 10.4 Å². The van der Waals surface area contributed by atoms with Gasteiger partial charge in [-0.2, -0.15) is 9.40 Å². The van der Waals surface area contributed by atoms with E-state index in [-0.39, 0.29) is 0 Å². The lowest BCUT2D eigenvalue weighted by atomic mass is 10.2. The fourth-order valence-corrected chi connectivity index (χ4v) is 5.11. The first-order valence-electron chi connectivity index (χ1n) is 9.11. The summed E-state index contributed by atoms with van der Waals surface area (Å²) in [6, 6.07) is 9.55. The van der Waals surface area contributed by atoms with E-state index in [9.17, 15) is 8.42 Å². The van der Waals surface area contributed by atoms with Crippen LogP contribution < -0.4 is 4.90 Å². The number of piperazine rings is 1. The van der Waals surface area contributed by atoms with Gasteiger partial charge in [-0.05, 0) is 50.5 Å².